The molecule has 2 nitrogen and oxygen atoms in total. The molecule has 0 fully saturated rings. The van der Waals surface area contributed by atoms with Crippen LogP contribution in [-0.2, 0) is 0 Å². The molecule has 0 atom stereocenters. The average molecular weight is 327 g/mol. The molecule has 0 unspecified atom stereocenters. The summed E-state index contributed by atoms with van der Waals surface area (Å²) in [6, 6.07) is 15.4. The van der Waals surface area contributed by atoms with Gasteiger partial charge in [-0.15, -0.1) is 0 Å². The fourth-order valence-corrected chi connectivity index (χ4v) is 2.12. The van der Waals surface area contributed by atoms with Crippen molar-refractivity contribution in [2.24, 2.45) is 0 Å². The summed E-state index contributed by atoms with van der Waals surface area (Å²) >= 11 is 9.35. The fraction of sp³-hybridized carbons (Fsp3) is 0.143. The molecule has 2 aromatic rings. The lowest BCUT2D eigenvalue weighted by atomic mass is 10.3. The van der Waals surface area contributed by atoms with Crippen LogP contribution in [0.4, 0.5) is 5.69 Å². The first kappa shape index (κ1) is 13.2. The van der Waals surface area contributed by atoms with Gasteiger partial charge >= 0.3 is 0 Å². The zero-order valence-corrected chi connectivity index (χ0v) is 12.0. The van der Waals surface area contributed by atoms with Gasteiger partial charge in [-0.2, -0.15) is 0 Å². The molecule has 0 saturated carbocycles. The molecule has 18 heavy (non-hydrogen) atoms. The first-order chi connectivity index (χ1) is 8.75. The van der Waals surface area contributed by atoms with Gasteiger partial charge in [0.25, 0.3) is 0 Å². The van der Waals surface area contributed by atoms with Crippen molar-refractivity contribution in [1.82, 2.24) is 0 Å². The lowest BCUT2D eigenvalue weighted by Crippen LogP contribution is -2.11. The normalized spacial score (nSPS) is 10.1. The van der Waals surface area contributed by atoms with Crippen molar-refractivity contribution in [3.63, 3.8) is 0 Å². The Morgan fingerprint density at radius 3 is 2.72 bits per heavy atom. The predicted octanol–water partition coefficient (Wildman–Crippen LogP) is 4.59. The van der Waals surface area contributed by atoms with E-state index in [4.69, 9.17) is 16.3 Å². The van der Waals surface area contributed by atoms with Crippen LogP contribution in [0.15, 0.2) is 53.0 Å². The van der Waals surface area contributed by atoms with Crippen LogP contribution in [0.25, 0.3) is 0 Å². The molecular weight excluding hydrogens is 314 g/mol. The minimum absolute atomic E-state index is 0.585. The van der Waals surface area contributed by atoms with Gasteiger partial charge < -0.3 is 10.1 Å². The molecule has 0 aliphatic carbocycles. The number of ether oxygens (including phenoxy) is 1. The van der Waals surface area contributed by atoms with Crippen LogP contribution in [0.1, 0.15) is 0 Å². The molecule has 94 valence electrons. The smallest absolute Gasteiger partial charge is 0.120 e. The molecule has 0 bridgehead atoms. The van der Waals surface area contributed by atoms with Gasteiger partial charge in [-0.05, 0) is 46.3 Å². The Labute approximate surface area is 120 Å². The molecule has 2 rings (SSSR count). The minimum atomic E-state index is 0.585. The Kier molecular flexibility index (Phi) is 4.90. The minimum Gasteiger partial charge on any atom is -0.492 e. The molecular formula is C14H13BrClNO. The zero-order chi connectivity index (χ0) is 12.8. The molecule has 0 amide bonds. The van der Waals surface area contributed by atoms with Crippen LogP contribution in [0, 0.1) is 0 Å². The average Bonchev–Trinajstić information content (AvgIpc) is 2.37. The topological polar surface area (TPSA) is 21.3 Å². The number of benzene rings is 2. The predicted molar refractivity (Wildman–Crippen MR) is 79.6 cm³/mol. The van der Waals surface area contributed by atoms with Gasteiger partial charge in [-0.1, -0.05) is 29.8 Å². The maximum absolute atomic E-state index is 5.87. The summed E-state index contributed by atoms with van der Waals surface area (Å²) in [5.74, 6) is 0.788. The SMILES string of the molecule is Clc1cccc(OCCNc2ccccc2Br)c1. The second-order valence-electron chi connectivity index (χ2n) is 3.71. The Hall–Kier alpha value is -1.19. The van der Waals surface area contributed by atoms with Gasteiger partial charge in [-0.25, -0.2) is 0 Å². The van der Waals surface area contributed by atoms with Crippen molar-refractivity contribution in [2.75, 3.05) is 18.5 Å². The number of hydrogen-bond donors (Lipinski definition) is 1. The van der Waals surface area contributed by atoms with Crippen LogP contribution in [0.2, 0.25) is 5.02 Å². The molecule has 2 aromatic carbocycles. The highest BCUT2D eigenvalue weighted by atomic mass is 79.9. The van der Waals surface area contributed by atoms with Gasteiger partial charge in [0.1, 0.15) is 12.4 Å². The number of halogens is 2. The first-order valence-corrected chi connectivity index (χ1v) is 6.79. The van der Waals surface area contributed by atoms with E-state index in [9.17, 15) is 0 Å². The van der Waals surface area contributed by atoms with Gasteiger partial charge in [0, 0.05) is 21.7 Å². The summed E-state index contributed by atoms with van der Waals surface area (Å²) in [6.45, 7) is 1.32. The van der Waals surface area contributed by atoms with Crippen LogP contribution in [-0.4, -0.2) is 13.2 Å². The lowest BCUT2D eigenvalue weighted by molar-refractivity contribution is 0.333. The summed E-state index contributed by atoms with van der Waals surface area (Å²) in [5.41, 5.74) is 1.06. The standard InChI is InChI=1S/C14H13BrClNO/c15-13-6-1-2-7-14(13)17-8-9-18-12-5-3-4-11(16)10-12/h1-7,10,17H,8-9H2. The Balaban J connectivity index is 1.78. The van der Waals surface area contributed by atoms with Crippen molar-refractivity contribution >= 4 is 33.2 Å². The van der Waals surface area contributed by atoms with E-state index in [1.807, 2.05) is 42.5 Å². The van der Waals surface area contributed by atoms with Crippen molar-refractivity contribution in [2.45, 2.75) is 0 Å². The van der Waals surface area contributed by atoms with E-state index in [1.165, 1.54) is 0 Å². The molecule has 0 heterocycles. The van der Waals surface area contributed by atoms with E-state index >= 15 is 0 Å². The van der Waals surface area contributed by atoms with E-state index in [2.05, 4.69) is 21.2 Å². The van der Waals surface area contributed by atoms with E-state index in [0.29, 0.717) is 11.6 Å². The molecule has 0 aliphatic rings. The second-order valence-corrected chi connectivity index (χ2v) is 5.00. The van der Waals surface area contributed by atoms with Crippen LogP contribution >= 0.6 is 27.5 Å². The molecule has 1 N–H and O–H groups in total. The number of hydrogen-bond acceptors (Lipinski definition) is 2. The zero-order valence-electron chi connectivity index (χ0n) is 9.70. The highest BCUT2D eigenvalue weighted by molar-refractivity contribution is 9.10. The third-order valence-corrected chi connectivity index (χ3v) is 3.28. The van der Waals surface area contributed by atoms with Gasteiger partial charge in [0.05, 0.1) is 0 Å². The summed E-state index contributed by atoms with van der Waals surface area (Å²) in [4.78, 5) is 0. The van der Waals surface area contributed by atoms with Crippen molar-refractivity contribution in [3.05, 3.63) is 58.0 Å². The number of para-hydroxylation sites is 1. The highest BCUT2D eigenvalue weighted by Gasteiger charge is 1.98. The summed E-state index contributed by atoms with van der Waals surface area (Å²) in [7, 11) is 0. The largest absolute Gasteiger partial charge is 0.492 e. The molecule has 0 saturated heterocycles. The van der Waals surface area contributed by atoms with Crippen LogP contribution in [0.5, 0.6) is 5.75 Å². The van der Waals surface area contributed by atoms with Gasteiger partial charge in [0.2, 0.25) is 0 Å². The lowest BCUT2D eigenvalue weighted by Gasteiger charge is -2.10. The van der Waals surface area contributed by atoms with Crippen molar-refractivity contribution in [1.29, 1.82) is 0 Å². The Morgan fingerprint density at radius 2 is 1.94 bits per heavy atom. The molecule has 4 heteroatoms. The van der Waals surface area contributed by atoms with E-state index in [-0.39, 0.29) is 0 Å². The Morgan fingerprint density at radius 1 is 1.11 bits per heavy atom. The second kappa shape index (κ2) is 6.66. The molecule has 0 aliphatic heterocycles. The number of anilines is 1. The highest BCUT2D eigenvalue weighted by Crippen LogP contribution is 2.21. The third-order valence-electron chi connectivity index (χ3n) is 2.36. The summed E-state index contributed by atoms with van der Waals surface area (Å²) in [5, 5.41) is 3.98. The quantitative estimate of drug-likeness (QED) is 0.811. The third kappa shape index (κ3) is 3.93. The summed E-state index contributed by atoms with van der Waals surface area (Å²) in [6.07, 6.45) is 0. The van der Waals surface area contributed by atoms with Crippen molar-refractivity contribution < 1.29 is 4.74 Å². The molecule has 0 radical (unpaired) electrons. The van der Waals surface area contributed by atoms with E-state index in [1.54, 1.807) is 6.07 Å². The molecule has 0 aromatic heterocycles. The fourth-order valence-electron chi connectivity index (χ4n) is 1.52. The Bertz CT molecular complexity index is 519. The van der Waals surface area contributed by atoms with Gasteiger partial charge in [-0.3, -0.25) is 0 Å². The van der Waals surface area contributed by atoms with E-state index in [0.717, 1.165) is 22.5 Å². The first-order valence-electron chi connectivity index (χ1n) is 5.62. The molecule has 0 spiro atoms. The maximum atomic E-state index is 5.87. The van der Waals surface area contributed by atoms with Crippen LogP contribution in [0.3, 0.4) is 0 Å². The van der Waals surface area contributed by atoms with Crippen molar-refractivity contribution in [3.8, 4) is 5.75 Å². The van der Waals surface area contributed by atoms with Crippen LogP contribution < -0.4 is 10.1 Å². The number of rotatable bonds is 5. The maximum Gasteiger partial charge on any atom is 0.120 e. The number of nitrogens with one attached hydrogen (secondary N) is 1. The van der Waals surface area contributed by atoms with E-state index < -0.39 is 0 Å². The van der Waals surface area contributed by atoms with Gasteiger partial charge in [0.15, 0.2) is 0 Å². The summed E-state index contributed by atoms with van der Waals surface area (Å²) < 4.78 is 6.64. The monoisotopic (exact) mass is 325 g/mol.